The van der Waals surface area contributed by atoms with Crippen LogP contribution in [0, 0.1) is 23.7 Å². The molecule has 0 aromatic rings. The number of nitrogens with one attached hydrogen (secondary N) is 1. The Morgan fingerprint density at radius 1 is 1.32 bits per heavy atom. The Morgan fingerprint density at radius 2 is 2.11 bits per heavy atom. The second-order valence-corrected chi connectivity index (χ2v) is 6.00. The smallest absolute Gasteiger partial charge is 0.303 e. The zero-order valence-corrected chi connectivity index (χ0v) is 11.5. The predicted molar refractivity (Wildman–Crippen MR) is 72.5 cm³/mol. The standard InChI is InChI=1S/C15H23NO3/c1-10(2-5-14(17)18)6-7-16-15(19)13-9-11-3-4-12(13)8-11/h3-4,10-13H,2,5-9H2,1H3,(H,16,19)(H,17,18). The number of hydrogen-bond donors (Lipinski definition) is 2. The van der Waals surface area contributed by atoms with Gasteiger partial charge in [0.15, 0.2) is 0 Å². The molecule has 2 N–H and O–H groups in total. The summed E-state index contributed by atoms with van der Waals surface area (Å²) in [6, 6.07) is 0. The summed E-state index contributed by atoms with van der Waals surface area (Å²) in [4.78, 5) is 22.5. The van der Waals surface area contributed by atoms with Crippen molar-refractivity contribution in [2.75, 3.05) is 6.54 Å². The summed E-state index contributed by atoms with van der Waals surface area (Å²) in [6.07, 6.45) is 8.33. The van der Waals surface area contributed by atoms with Gasteiger partial charge in [-0.3, -0.25) is 9.59 Å². The number of fused-ring (bicyclic) bond motifs is 2. The summed E-state index contributed by atoms with van der Waals surface area (Å²) in [5.74, 6) is 1.03. The first-order valence-corrected chi connectivity index (χ1v) is 7.24. The fourth-order valence-corrected chi connectivity index (χ4v) is 3.17. The largest absolute Gasteiger partial charge is 0.481 e. The van der Waals surface area contributed by atoms with E-state index in [0.29, 0.717) is 30.7 Å². The molecule has 2 bridgehead atoms. The zero-order valence-electron chi connectivity index (χ0n) is 11.5. The Bertz CT molecular complexity index is 378. The van der Waals surface area contributed by atoms with E-state index in [1.54, 1.807) is 0 Å². The molecule has 1 saturated carbocycles. The van der Waals surface area contributed by atoms with Crippen molar-refractivity contribution in [2.24, 2.45) is 23.7 Å². The number of carbonyl (C=O) groups is 2. The Labute approximate surface area is 114 Å². The number of rotatable bonds is 7. The summed E-state index contributed by atoms with van der Waals surface area (Å²) in [6.45, 7) is 2.70. The Morgan fingerprint density at radius 3 is 2.68 bits per heavy atom. The molecule has 0 aromatic heterocycles. The second kappa shape index (κ2) is 6.22. The minimum absolute atomic E-state index is 0.171. The van der Waals surface area contributed by atoms with Crippen molar-refractivity contribution in [3.8, 4) is 0 Å². The van der Waals surface area contributed by atoms with Crippen molar-refractivity contribution in [3.63, 3.8) is 0 Å². The topological polar surface area (TPSA) is 66.4 Å². The molecule has 2 aliphatic rings. The van der Waals surface area contributed by atoms with Crippen molar-refractivity contribution >= 4 is 11.9 Å². The molecule has 4 heteroatoms. The van der Waals surface area contributed by atoms with Crippen LogP contribution in [0.4, 0.5) is 0 Å². The van der Waals surface area contributed by atoms with Gasteiger partial charge in [-0.25, -0.2) is 0 Å². The third-order valence-electron chi connectivity index (χ3n) is 4.40. The van der Waals surface area contributed by atoms with Crippen LogP contribution in [0.3, 0.4) is 0 Å². The minimum Gasteiger partial charge on any atom is -0.481 e. The molecule has 106 valence electrons. The molecule has 1 fully saturated rings. The first-order valence-electron chi connectivity index (χ1n) is 7.24. The van der Waals surface area contributed by atoms with Gasteiger partial charge in [-0.15, -0.1) is 0 Å². The maximum absolute atomic E-state index is 12.0. The van der Waals surface area contributed by atoms with Gasteiger partial charge in [0.2, 0.25) is 5.91 Å². The average molecular weight is 265 g/mol. The van der Waals surface area contributed by atoms with Gasteiger partial charge in [0.05, 0.1) is 0 Å². The minimum atomic E-state index is -0.746. The maximum Gasteiger partial charge on any atom is 0.303 e. The number of hydrogen-bond acceptors (Lipinski definition) is 2. The zero-order chi connectivity index (χ0) is 13.8. The molecule has 0 heterocycles. The number of carboxylic acids is 1. The Balaban J connectivity index is 1.62. The van der Waals surface area contributed by atoms with Crippen LogP contribution in [0.15, 0.2) is 12.2 Å². The maximum atomic E-state index is 12.0. The lowest BCUT2D eigenvalue weighted by molar-refractivity contribution is -0.137. The summed E-state index contributed by atoms with van der Waals surface area (Å²) in [7, 11) is 0. The van der Waals surface area contributed by atoms with E-state index in [2.05, 4.69) is 17.5 Å². The summed E-state index contributed by atoms with van der Waals surface area (Å²) >= 11 is 0. The highest BCUT2D eigenvalue weighted by Gasteiger charge is 2.39. The lowest BCUT2D eigenvalue weighted by Crippen LogP contribution is -2.34. The van der Waals surface area contributed by atoms with Crippen molar-refractivity contribution in [3.05, 3.63) is 12.2 Å². The van der Waals surface area contributed by atoms with Crippen LogP contribution in [0.2, 0.25) is 0 Å². The molecular weight excluding hydrogens is 242 g/mol. The first-order chi connectivity index (χ1) is 9.06. The fraction of sp³-hybridized carbons (Fsp3) is 0.733. The molecule has 0 radical (unpaired) electrons. The third-order valence-corrected chi connectivity index (χ3v) is 4.40. The number of carbonyl (C=O) groups excluding carboxylic acids is 1. The van der Waals surface area contributed by atoms with Gasteiger partial charge >= 0.3 is 5.97 Å². The van der Waals surface area contributed by atoms with Gasteiger partial charge in [0.1, 0.15) is 0 Å². The molecule has 0 aliphatic heterocycles. The van der Waals surface area contributed by atoms with Crippen molar-refractivity contribution in [1.29, 1.82) is 0 Å². The molecule has 2 rings (SSSR count). The number of aliphatic carboxylic acids is 1. The van der Waals surface area contributed by atoms with Gasteiger partial charge in [-0.1, -0.05) is 19.1 Å². The van der Waals surface area contributed by atoms with Crippen molar-refractivity contribution in [1.82, 2.24) is 5.32 Å². The molecule has 4 unspecified atom stereocenters. The molecule has 2 aliphatic carbocycles. The number of carboxylic acid groups (broad SMARTS) is 1. The van der Waals surface area contributed by atoms with Crippen LogP contribution in [-0.2, 0) is 9.59 Å². The van der Waals surface area contributed by atoms with Gasteiger partial charge in [0, 0.05) is 18.9 Å². The summed E-state index contributed by atoms with van der Waals surface area (Å²) in [5, 5.41) is 11.6. The van der Waals surface area contributed by atoms with E-state index in [4.69, 9.17) is 5.11 Å². The lowest BCUT2D eigenvalue weighted by Gasteiger charge is -2.18. The van der Waals surface area contributed by atoms with Crippen molar-refractivity contribution < 1.29 is 14.7 Å². The van der Waals surface area contributed by atoms with Crippen molar-refractivity contribution in [2.45, 2.75) is 39.0 Å². The summed E-state index contributed by atoms with van der Waals surface area (Å²) in [5.41, 5.74) is 0. The second-order valence-electron chi connectivity index (χ2n) is 6.00. The first kappa shape index (κ1) is 14.1. The molecule has 4 nitrogen and oxygen atoms in total. The highest BCUT2D eigenvalue weighted by Crippen LogP contribution is 2.43. The van der Waals surface area contributed by atoms with Crippen LogP contribution in [0.1, 0.15) is 39.0 Å². The fourth-order valence-electron chi connectivity index (χ4n) is 3.17. The lowest BCUT2D eigenvalue weighted by atomic mass is 9.92. The molecule has 0 spiro atoms. The van der Waals surface area contributed by atoms with Gasteiger partial charge < -0.3 is 10.4 Å². The SMILES string of the molecule is CC(CCNC(=O)C1CC2C=CC1C2)CCC(=O)O. The molecule has 19 heavy (non-hydrogen) atoms. The molecule has 4 atom stereocenters. The highest BCUT2D eigenvalue weighted by atomic mass is 16.4. The normalized spacial score (nSPS) is 29.4. The quantitative estimate of drug-likeness (QED) is 0.693. The van der Waals surface area contributed by atoms with Gasteiger partial charge in [-0.05, 0) is 43.4 Å². The Hall–Kier alpha value is -1.32. The van der Waals surface area contributed by atoms with Crippen LogP contribution >= 0.6 is 0 Å². The highest BCUT2D eigenvalue weighted by molar-refractivity contribution is 5.79. The van der Waals surface area contributed by atoms with E-state index in [-0.39, 0.29) is 18.2 Å². The number of amides is 1. The number of allylic oxidation sites excluding steroid dienone is 2. The van der Waals surface area contributed by atoms with E-state index in [1.165, 1.54) is 0 Å². The van der Waals surface area contributed by atoms with E-state index >= 15 is 0 Å². The van der Waals surface area contributed by atoms with Gasteiger partial charge in [-0.2, -0.15) is 0 Å². The van der Waals surface area contributed by atoms with E-state index < -0.39 is 5.97 Å². The third kappa shape index (κ3) is 3.82. The van der Waals surface area contributed by atoms with E-state index in [0.717, 1.165) is 19.3 Å². The molecule has 0 saturated heterocycles. The summed E-state index contributed by atoms with van der Waals surface area (Å²) < 4.78 is 0. The monoisotopic (exact) mass is 265 g/mol. The van der Waals surface area contributed by atoms with Crippen LogP contribution in [0.5, 0.6) is 0 Å². The predicted octanol–water partition coefficient (Wildman–Crippen LogP) is 2.21. The van der Waals surface area contributed by atoms with Crippen LogP contribution in [0.25, 0.3) is 0 Å². The van der Waals surface area contributed by atoms with E-state index in [9.17, 15) is 9.59 Å². The van der Waals surface area contributed by atoms with Crippen LogP contribution in [-0.4, -0.2) is 23.5 Å². The Kier molecular flexibility index (Phi) is 4.61. The average Bonchev–Trinajstić information content (AvgIpc) is 2.98. The van der Waals surface area contributed by atoms with E-state index in [1.807, 2.05) is 6.92 Å². The van der Waals surface area contributed by atoms with Gasteiger partial charge in [0.25, 0.3) is 0 Å². The van der Waals surface area contributed by atoms with Crippen LogP contribution < -0.4 is 5.32 Å². The molecular formula is C15H23NO3. The molecule has 0 aromatic carbocycles. The molecule has 1 amide bonds.